The monoisotopic (exact) mass is 339 g/mol. The molecule has 0 spiro atoms. The summed E-state index contributed by atoms with van der Waals surface area (Å²) in [6.07, 6.45) is 1.51. The lowest BCUT2D eigenvalue weighted by molar-refractivity contribution is 0.00413. The second-order valence-corrected chi connectivity index (χ2v) is 7.24. The van der Waals surface area contributed by atoms with Crippen molar-refractivity contribution in [3.63, 3.8) is 0 Å². The highest BCUT2D eigenvalue weighted by atomic mass is 32.1. The van der Waals surface area contributed by atoms with Crippen molar-refractivity contribution in [1.29, 1.82) is 0 Å². The Labute approximate surface area is 141 Å². The Bertz CT molecular complexity index is 489. The van der Waals surface area contributed by atoms with Crippen molar-refractivity contribution in [1.82, 2.24) is 15.1 Å². The van der Waals surface area contributed by atoms with E-state index in [9.17, 15) is 9.90 Å². The van der Waals surface area contributed by atoms with Crippen LogP contribution in [0.5, 0.6) is 0 Å². The molecule has 23 heavy (non-hydrogen) atoms. The van der Waals surface area contributed by atoms with Crippen LogP contribution in [-0.4, -0.2) is 72.4 Å². The third-order valence-corrected chi connectivity index (χ3v) is 5.34. The number of thiophene rings is 1. The highest BCUT2D eigenvalue weighted by Crippen LogP contribution is 2.18. The molecule has 1 aromatic rings. The summed E-state index contributed by atoms with van der Waals surface area (Å²) < 4.78 is 5.57. The third kappa shape index (κ3) is 4.67. The number of piperidine rings is 1. The molecule has 7 heteroatoms. The molecule has 1 aromatic heterocycles. The van der Waals surface area contributed by atoms with Gasteiger partial charge in [-0.25, -0.2) is 4.79 Å². The van der Waals surface area contributed by atoms with Gasteiger partial charge in [0.25, 0.3) is 0 Å². The maximum Gasteiger partial charge on any atom is 0.317 e. The number of urea groups is 1. The van der Waals surface area contributed by atoms with Crippen LogP contribution < -0.4 is 5.32 Å². The lowest BCUT2D eigenvalue weighted by atomic mass is 10.0. The number of carbonyl (C=O) groups is 1. The van der Waals surface area contributed by atoms with Gasteiger partial charge < -0.3 is 25.0 Å². The minimum atomic E-state index is -0.457. The highest BCUT2D eigenvalue weighted by molar-refractivity contribution is 7.09. The Morgan fingerprint density at radius 3 is 2.87 bits per heavy atom. The van der Waals surface area contributed by atoms with E-state index >= 15 is 0 Å². The predicted molar refractivity (Wildman–Crippen MR) is 89.5 cm³/mol. The number of ether oxygens (including phenoxy) is 1. The average Bonchev–Trinajstić information content (AvgIpc) is 3.20. The number of hydrogen-bond donors (Lipinski definition) is 2. The number of nitrogens with zero attached hydrogens (tertiary/aromatic N) is 2. The summed E-state index contributed by atoms with van der Waals surface area (Å²) in [4.78, 5) is 17.1. The van der Waals surface area contributed by atoms with Gasteiger partial charge in [-0.3, -0.25) is 0 Å². The van der Waals surface area contributed by atoms with Crippen LogP contribution in [0.3, 0.4) is 0 Å². The lowest BCUT2D eigenvalue weighted by Gasteiger charge is -2.36. The summed E-state index contributed by atoms with van der Waals surface area (Å²) in [5, 5.41) is 15.0. The molecule has 2 saturated heterocycles. The largest absolute Gasteiger partial charge is 0.389 e. The van der Waals surface area contributed by atoms with E-state index in [1.54, 1.807) is 11.3 Å². The van der Waals surface area contributed by atoms with Crippen molar-refractivity contribution in [3.05, 3.63) is 22.4 Å². The van der Waals surface area contributed by atoms with Gasteiger partial charge >= 0.3 is 6.03 Å². The molecular formula is C16H25N3O3S. The van der Waals surface area contributed by atoms with E-state index in [0.717, 1.165) is 39.0 Å². The first-order valence-corrected chi connectivity index (χ1v) is 9.15. The molecule has 2 amide bonds. The second-order valence-electron chi connectivity index (χ2n) is 6.21. The summed E-state index contributed by atoms with van der Waals surface area (Å²) in [5.41, 5.74) is 0. The maximum atomic E-state index is 11.7. The zero-order valence-corrected chi connectivity index (χ0v) is 14.1. The fourth-order valence-electron chi connectivity index (χ4n) is 3.29. The Kier molecular flexibility index (Phi) is 5.88. The molecule has 1 atom stereocenters. The van der Waals surface area contributed by atoms with Crippen LogP contribution in [0.25, 0.3) is 0 Å². The molecule has 2 N–H and O–H groups in total. The quantitative estimate of drug-likeness (QED) is 0.781. The smallest absolute Gasteiger partial charge is 0.317 e. The van der Waals surface area contributed by atoms with Gasteiger partial charge in [0.1, 0.15) is 0 Å². The van der Waals surface area contributed by atoms with Crippen LogP contribution in [-0.2, 0) is 11.3 Å². The van der Waals surface area contributed by atoms with Gasteiger partial charge in [-0.15, -0.1) is 11.3 Å². The Hall–Kier alpha value is -1.15. The minimum Gasteiger partial charge on any atom is -0.389 e. The molecular weight excluding hydrogens is 314 g/mol. The van der Waals surface area contributed by atoms with Crippen LogP contribution in [0.4, 0.5) is 4.79 Å². The molecule has 3 rings (SSSR count). The summed E-state index contributed by atoms with van der Waals surface area (Å²) in [6, 6.07) is 4.47. The van der Waals surface area contributed by atoms with Crippen LogP contribution in [0, 0.1) is 0 Å². The molecule has 3 heterocycles. The van der Waals surface area contributed by atoms with Gasteiger partial charge in [0.15, 0.2) is 0 Å². The average molecular weight is 339 g/mol. The van der Waals surface area contributed by atoms with Gasteiger partial charge in [0.05, 0.1) is 19.3 Å². The first-order valence-electron chi connectivity index (χ1n) is 8.27. The van der Waals surface area contributed by atoms with Gasteiger partial charge in [0, 0.05) is 43.6 Å². The van der Waals surface area contributed by atoms with Gasteiger partial charge in [0.2, 0.25) is 0 Å². The lowest BCUT2D eigenvalue weighted by Crippen LogP contribution is -2.48. The number of likely N-dealkylation sites (tertiary alicyclic amines) is 1. The third-order valence-electron chi connectivity index (χ3n) is 4.49. The number of β-amino-alcohol motifs (C(OH)–C–C–N with tert-alkyl or cyclic N) is 1. The number of amides is 2. The van der Waals surface area contributed by atoms with Crippen molar-refractivity contribution in [3.8, 4) is 0 Å². The molecule has 6 nitrogen and oxygen atoms in total. The topological polar surface area (TPSA) is 65.0 Å². The highest BCUT2D eigenvalue weighted by Gasteiger charge is 2.30. The standard InChI is InChI=1S/C16H25N3O3S/c20-14(11-22-12-15-2-1-9-23-15)10-18-6-3-13(4-7-18)19-8-5-17-16(19)21/h1-2,9,13-14,20H,3-8,10-12H2,(H,17,21)/t14-/m1/s1. The molecule has 2 fully saturated rings. The van der Waals surface area contributed by atoms with Crippen LogP contribution in [0.2, 0.25) is 0 Å². The van der Waals surface area contributed by atoms with Crippen LogP contribution in [0.1, 0.15) is 17.7 Å². The summed E-state index contributed by atoms with van der Waals surface area (Å²) in [7, 11) is 0. The molecule has 0 aliphatic carbocycles. The Morgan fingerprint density at radius 2 is 2.22 bits per heavy atom. The Balaban J connectivity index is 1.32. The second kappa shape index (κ2) is 8.10. The summed E-state index contributed by atoms with van der Waals surface area (Å²) in [6.45, 7) is 5.02. The zero-order chi connectivity index (χ0) is 16.1. The molecule has 0 unspecified atom stereocenters. The number of hydrogen-bond acceptors (Lipinski definition) is 5. The van der Waals surface area contributed by atoms with Crippen LogP contribution >= 0.6 is 11.3 Å². The number of carbonyl (C=O) groups excluding carboxylic acids is 1. The first-order chi connectivity index (χ1) is 11.2. The number of aliphatic hydroxyl groups is 1. The maximum absolute atomic E-state index is 11.7. The molecule has 0 aromatic carbocycles. The van der Waals surface area contributed by atoms with E-state index in [4.69, 9.17) is 4.74 Å². The SMILES string of the molecule is O=C1NCCN1C1CCN(C[C@@H](O)COCc2cccs2)CC1. The number of aliphatic hydroxyl groups excluding tert-OH is 1. The number of nitrogens with one attached hydrogen (secondary N) is 1. The van der Waals surface area contributed by atoms with E-state index in [2.05, 4.69) is 10.2 Å². The van der Waals surface area contributed by atoms with E-state index < -0.39 is 6.10 Å². The molecule has 2 aliphatic heterocycles. The van der Waals surface area contributed by atoms with E-state index in [1.807, 2.05) is 22.4 Å². The van der Waals surface area contributed by atoms with Crippen LogP contribution in [0.15, 0.2) is 17.5 Å². The molecule has 2 aliphatic rings. The molecule has 0 bridgehead atoms. The molecule has 128 valence electrons. The minimum absolute atomic E-state index is 0.0745. The first kappa shape index (κ1) is 16.7. The van der Waals surface area contributed by atoms with E-state index in [-0.39, 0.29) is 6.03 Å². The van der Waals surface area contributed by atoms with E-state index in [1.165, 1.54) is 4.88 Å². The van der Waals surface area contributed by atoms with E-state index in [0.29, 0.717) is 25.8 Å². The fourth-order valence-corrected chi connectivity index (χ4v) is 3.93. The Morgan fingerprint density at radius 1 is 1.39 bits per heavy atom. The normalized spacial score (nSPS) is 21.6. The van der Waals surface area contributed by atoms with Gasteiger partial charge in [-0.05, 0) is 24.3 Å². The van der Waals surface area contributed by atoms with Crippen molar-refractivity contribution >= 4 is 17.4 Å². The van der Waals surface area contributed by atoms with Crippen molar-refractivity contribution in [2.45, 2.75) is 31.6 Å². The predicted octanol–water partition coefficient (Wildman–Crippen LogP) is 1.12. The zero-order valence-electron chi connectivity index (χ0n) is 13.3. The molecule has 0 radical (unpaired) electrons. The number of rotatable bonds is 7. The van der Waals surface area contributed by atoms with Crippen molar-refractivity contribution < 1.29 is 14.6 Å². The van der Waals surface area contributed by atoms with Crippen molar-refractivity contribution in [2.75, 3.05) is 39.3 Å². The summed E-state index contributed by atoms with van der Waals surface area (Å²) in [5.74, 6) is 0. The molecule has 0 saturated carbocycles. The fraction of sp³-hybridized carbons (Fsp3) is 0.688. The summed E-state index contributed by atoms with van der Waals surface area (Å²) >= 11 is 1.67. The van der Waals surface area contributed by atoms with Gasteiger partial charge in [-0.1, -0.05) is 6.07 Å². The van der Waals surface area contributed by atoms with Crippen molar-refractivity contribution in [2.24, 2.45) is 0 Å². The van der Waals surface area contributed by atoms with Gasteiger partial charge in [-0.2, -0.15) is 0 Å².